The lowest BCUT2D eigenvalue weighted by molar-refractivity contribution is -0.154. The molecule has 7 N–H and O–H groups in total. The number of nitrogens with two attached hydrogens (primary N) is 1. The Labute approximate surface area is 456 Å². The summed E-state index contributed by atoms with van der Waals surface area (Å²) in [5.74, 6) is -5.12. The maximum absolute atomic E-state index is 14.6. The van der Waals surface area contributed by atoms with Crippen molar-refractivity contribution in [1.82, 2.24) is 36.0 Å². The standard InChI is InChI=1S/C58H90N8O11/c1-11-40(7)52(65(9)55(73)45(35-37(2)3)61-50(70)32-25-39(6)19-15-16-33-60-49(69)24-17-22-41-26-28-43(67)29-27-41)54(72)62-44(30-31-48(59)68)53(71)63-51(38(4)5)57(75)64(8)47(36-42-20-13-12-14-21-42)56(74)66-34-18-23-46(66)58(76)77-10/h12-14,20-21,26-29,37-40,44-47,51-52,67H,11,15-19,22-25,30-36H2,1-10H3,(H2,59,68)(H,60,69)(H,61,70)(H,62,72)(H,63,71)/t39-,40+,44+,45+,46+,47-,51+,52-/m1/s1. The fourth-order valence-electron chi connectivity index (χ4n) is 9.74. The molecule has 0 spiro atoms. The van der Waals surface area contributed by atoms with E-state index in [9.17, 15) is 48.3 Å². The van der Waals surface area contributed by atoms with Gasteiger partial charge in [-0.3, -0.25) is 38.4 Å². The lowest BCUT2D eigenvalue weighted by atomic mass is 9.94. The highest BCUT2D eigenvalue weighted by molar-refractivity contribution is 5.97. The summed E-state index contributed by atoms with van der Waals surface area (Å²) in [6.45, 7) is 13.9. The first-order chi connectivity index (χ1) is 36.5. The van der Waals surface area contributed by atoms with Crippen molar-refractivity contribution in [3.05, 3.63) is 65.7 Å². The van der Waals surface area contributed by atoms with Gasteiger partial charge >= 0.3 is 5.97 Å². The van der Waals surface area contributed by atoms with E-state index in [2.05, 4.69) is 28.2 Å². The highest BCUT2D eigenvalue weighted by atomic mass is 16.5. The largest absolute Gasteiger partial charge is 0.508 e. The Kier molecular flexibility index (Phi) is 27.7. The molecule has 19 heteroatoms. The lowest BCUT2D eigenvalue weighted by Crippen LogP contribution is -2.61. The normalized spacial score (nSPS) is 16.0. The molecule has 1 fully saturated rings. The van der Waals surface area contributed by atoms with Crippen molar-refractivity contribution in [3.63, 3.8) is 0 Å². The number of benzene rings is 2. The van der Waals surface area contributed by atoms with Crippen LogP contribution >= 0.6 is 0 Å². The van der Waals surface area contributed by atoms with Crippen LogP contribution in [0.4, 0.5) is 0 Å². The van der Waals surface area contributed by atoms with Gasteiger partial charge in [0.05, 0.1) is 7.11 Å². The second-order valence-electron chi connectivity index (χ2n) is 21.7. The van der Waals surface area contributed by atoms with Gasteiger partial charge in [0, 0.05) is 52.9 Å². The number of primary amides is 1. The zero-order valence-corrected chi connectivity index (χ0v) is 47.4. The van der Waals surface area contributed by atoms with Gasteiger partial charge in [0.25, 0.3) is 0 Å². The first-order valence-corrected chi connectivity index (χ1v) is 27.7. The predicted octanol–water partition coefficient (Wildman–Crippen LogP) is 4.95. The van der Waals surface area contributed by atoms with Gasteiger partial charge in [0.15, 0.2) is 0 Å². The van der Waals surface area contributed by atoms with E-state index in [0.29, 0.717) is 58.0 Å². The number of hydrogen-bond donors (Lipinski definition) is 6. The van der Waals surface area contributed by atoms with E-state index >= 15 is 0 Å². The highest BCUT2D eigenvalue weighted by Gasteiger charge is 2.43. The van der Waals surface area contributed by atoms with Gasteiger partial charge in [-0.25, -0.2) is 4.79 Å². The fourth-order valence-corrected chi connectivity index (χ4v) is 9.74. The van der Waals surface area contributed by atoms with E-state index in [1.54, 1.807) is 32.9 Å². The molecule has 2 aromatic rings. The molecule has 77 heavy (non-hydrogen) atoms. The van der Waals surface area contributed by atoms with Crippen molar-refractivity contribution in [1.29, 1.82) is 0 Å². The summed E-state index contributed by atoms with van der Waals surface area (Å²) in [5, 5.41) is 20.9. The molecule has 0 radical (unpaired) electrons. The third-order valence-corrected chi connectivity index (χ3v) is 14.6. The van der Waals surface area contributed by atoms with E-state index < -0.39 is 89.5 Å². The third-order valence-electron chi connectivity index (χ3n) is 14.6. The molecule has 428 valence electrons. The van der Waals surface area contributed by atoms with Crippen LogP contribution in [0.1, 0.15) is 143 Å². The second-order valence-corrected chi connectivity index (χ2v) is 21.7. The molecule has 2 aromatic carbocycles. The number of likely N-dealkylation sites (N-methyl/N-ethyl adjacent to an activating group) is 2. The molecule has 1 saturated heterocycles. The molecule has 8 amide bonds. The molecule has 0 aromatic heterocycles. The molecule has 19 nitrogen and oxygen atoms in total. The molecular formula is C58H90N8O11. The van der Waals surface area contributed by atoms with Crippen LogP contribution in [-0.2, 0) is 60.7 Å². The molecular weight excluding hydrogens is 985 g/mol. The summed E-state index contributed by atoms with van der Waals surface area (Å²) in [7, 11) is 4.23. The SMILES string of the molecule is CC[C@H](C)[C@H](C(=O)N[C@@H](CCC(N)=O)C(=O)N[C@H](C(=O)N(C)[C@H](Cc1ccccc1)C(=O)N1CCC[C@H]1C(=O)OC)C(C)C)N(C)C(=O)[C@H](CC(C)C)NC(=O)CC[C@H](C)CCCCNC(=O)CCCc1ccc(O)cc1. The number of phenols is 1. The van der Waals surface area contributed by atoms with E-state index in [1.807, 2.05) is 63.2 Å². The maximum atomic E-state index is 14.6. The summed E-state index contributed by atoms with van der Waals surface area (Å²) >= 11 is 0. The zero-order valence-electron chi connectivity index (χ0n) is 47.4. The van der Waals surface area contributed by atoms with Crippen molar-refractivity contribution in [2.24, 2.45) is 29.4 Å². The van der Waals surface area contributed by atoms with Crippen molar-refractivity contribution >= 4 is 53.2 Å². The lowest BCUT2D eigenvalue weighted by Gasteiger charge is -2.36. The summed E-state index contributed by atoms with van der Waals surface area (Å²) in [6.07, 6.45) is 6.50. The fraction of sp³-hybridized carbons (Fsp3) is 0.638. The Hall–Kier alpha value is -6.53. The van der Waals surface area contributed by atoms with Crippen LogP contribution in [-0.4, -0.2) is 144 Å². The van der Waals surface area contributed by atoms with Crippen molar-refractivity contribution in [3.8, 4) is 5.75 Å². The monoisotopic (exact) mass is 1070 g/mol. The number of aromatic hydroxyl groups is 1. The zero-order chi connectivity index (χ0) is 57.4. The Morgan fingerprint density at radius 2 is 1.42 bits per heavy atom. The number of esters is 1. The summed E-state index contributed by atoms with van der Waals surface area (Å²) in [5.41, 5.74) is 7.38. The Morgan fingerprint density at radius 3 is 2.03 bits per heavy atom. The van der Waals surface area contributed by atoms with Crippen LogP contribution in [0.2, 0.25) is 0 Å². The van der Waals surface area contributed by atoms with E-state index in [1.165, 1.54) is 35.9 Å². The number of carbonyl (C=O) groups excluding carboxylic acids is 9. The number of methoxy groups -OCH3 is 1. The van der Waals surface area contributed by atoms with E-state index in [4.69, 9.17) is 10.5 Å². The molecule has 0 unspecified atom stereocenters. The number of unbranched alkanes of at least 4 members (excludes halogenated alkanes) is 1. The van der Waals surface area contributed by atoms with Gasteiger partial charge in [-0.15, -0.1) is 0 Å². The molecule has 1 aliphatic heterocycles. The number of carbonyl (C=O) groups is 9. The van der Waals surface area contributed by atoms with Gasteiger partial charge in [-0.2, -0.15) is 0 Å². The molecule has 0 bridgehead atoms. The van der Waals surface area contributed by atoms with Crippen LogP contribution < -0.4 is 27.0 Å². The summed E-state index contributed by atoms with van der Waals surface area (Å²) in [6, 6.07) is 9.56. The predicted molar refractivity (Wildman–Crippen MR) is 294 cm³/mol. The van der Waals surface area contributed by atoms with Crippen LogP contribution in [0.25, 0.3) is 0 Å². The molecule has 0 saturated carbocycles. The smallest absolute Gasteiger partial charge is 0.328 e. The number of rotatable bonds is 33. The minimum Gasteiger partial charge on any atom is -0.508 e. The Balaban J connectivity index is 1.69. The number of nitrogens with one attached hydrogen (secondary N) is 4. The second kappa shape index (κ2) is 32.9. The molecule has 3 rings (SSSR count). The van der Waals surface area contributed by atoms with Crippen molar-refractivity contribution in [2.45, 2.75) is 181 Å². The molecule has 8 atom stereocenters. The van der Waals surface area contributed by atoms with Gasteiger partial charge in [-0.05, 0) is 98.3 Å². The minimum absolute atomic E-state index is 0.000946. The highest BCUT2D eigenvalue weighted by Crippen LogP contribution is 2.24. The third kappa shape index (κ3) is 21.4. The maximum Gasteiger partial charge on any atom is 0.328 e. The van der Waals surface area contributed by atoms with Gasteiger partial charge in [0.1, 0.15) is 42.0 Å². The van der Waals surface area contributed by atoms with Crippen LogP contribution in [0.5, 0.6) is 5.75 Å². The Bertz CT molecular complexity index is 2240. The molecule has 0 aliphatic carbocycles. The average Bonchev–Trinajstić information content (AvgIpc) is 3.90. The van der Waals surface area contributed by atoms with Crippen molar-refractivity contribution in [2.75, 3.05) is 34.3 Å². The first kappa shape index (κ1) is 64.8. The number of nitrogens with zero attached hydrogens (tertiary/aromatic N) is 3. The van der Waals surface area contributed by atoms with Crippen LogP contribution in [0.15, 0.2) is 54.6 Å². The number of aryl methyl sites for hydroxylation is 1. The van der Waals surface area contributed by atoms with E-state index in [0.717, 1.165) is 36.8 Å². The quantitative estimate of drug-likeness (QED) is 0.0412. The van der Waals surface area contributed by atoms with Gasteiger partial charge in [-0.1, -0.05) is 110 Å². The number of likely N-dealkylation sites (tertiary alicyclic amines) is 1. The van der Waals surface area contributed by atoms with Crippen molar-refractivity contribution < 1.29 is 53.0 Å². The van der Waals surface area contributed by atoms with Crippen LogP contribution in [0, 0.1) is 23.7 Å². The minimum atomic E-state index is -1.38. The number of amides is 8. The first-order valence-electron chi connectivity index (χ1n) is 27.7. The topological polar surface area (TPSA) is 267 Å². The van der Waals surface area contributed by atoms with Crippen LogP contribution in [0.3, 0.4) is 0 Å². The average molecular weight is 1080 g/mol. The van der Waals surface area contributed by atoms with Gasteiger partial charge < -0.3 is 51.5 Å². The molecule has 1 heterocycles. The number of phenolic OH excluding ortho intramolecular Hbond substituents is 1. The summed E-state index contributed by atoms with van der Waals surface area (Å²) in [4.78, 5) is 127. The Morgan fingerprint density at radius 1 is 0.740 bits per heavy atom. The summed E-state index contributed by atoms with van der Waals surface area (Å²) < 4.78 is 5.00. The number of ether oxygens (including phenoxy) is 1. The van der Waals surface area contributed by atoms with Gasteiger partial charge in [0.2, 0.25) is 47.3 Å². The molecule has 1 aliphatic rings. The number of hydrogen-bond acceptors (Lipinski definition) is 11. The van der Waals surface area contributed by atoms with E-state index in [-0.39, 0.29) is 55.1 Å².